The second-order valence-electron chi connectivity index (χ2n) is 6.53. The van der Waals surface area contributed by atoms with Crippen LogP contribution >= 0.6 is 0 Å². The van der Waals surface area contributed by atoms with Crippen LogP contribution < -0.4 is 0 Å². The summed E-state index contributed by atoms with van der Waals surface area (Å²) >= 11 is 0. The van der Waals surface area contributed by atoms with Crippen molar-refractivity contribution in [1.29, 1.82) is 0 Å². The fourth-order valence-electron chi connectivity index (χ4n) is 4.63. The molecule has 8 heteroatoms. The Bertz CT molecular complexity index is 507. The van der Waals surface area contributed by atoms with Gasteiger partial charge in [-0.15, -0.1) is 8.78 Å². The molecule has 0 unspecified atom stereocenters. The molecule has 0 aromatic rings. The minimum atomic E-state index is -5.75. The van der Waals surface area contributed by atoms with Crippen molar-refractivity contribution in [2.24, 2.45) is 23.2 Å². The van der Waals surface area contributed by atoms with E-state index in [2.05, 4.69) is 4.74 Å². The lowest BCUT2D eigenvalue weighted by Gasteiger charge is -2.55. The first-order valence-electron chi connectivity index (χ1n) is 6.70. The van der Waals surface area contributed by atoms with Gasteiger partial charge in [0.05, 0.1) is 5.41 Å². The van der Waals surface area contributed by atoms with Gasteiger partial charge in [0.25, 0.3) is 0 Å². The standard InChI is InChI=1S/C12H16F2O5S/c13-12(14,20(16,17)18)19-10(15)11-4-7-1-8(5-11)3-9(2-7)6-11/h7-9H,1-6H2,(H,16,17,18). The van der Waals surface area contributed by atoms with Gasteiger partial charge in [-0.05, 0) is 56.3 Å². The number of carbonyl (C=O) groups is 1. The molecule has 0 atom stereocenters. The van der Waals surface area contributed by atoms with Crippen LogP contribution in [0.15, 0.2) is 0 Å². The van der Waals surface area contributed by atoms with Gasteiger partial charge in [0.1, 0.15) is 0 Å². The zero-order chi connectivity index (χ0) is 14.8. The molecule has 0 amide bonds. The molecule has 4 saturated carbocycles. The van der Waals surface area contributed by atoms with Gasteiger partial charge < -0.3 is 4.74 Å². The third-order valence-corrected chi connectivity index (χ3v) is 5.67. The molecule has 0 aliphatic heterocycles. The molecule has 4 aliphatic carbocycles. The SMILES string of the molecule is O=C(OC(F)(F)S(=O)(=O)O)C12CC3CC(CC(C3)C1)C2. The Morgan fingerprint density at radius 1 is 1.10 bits per heavy atom. The fraction of sp³-hybridized carbons (Fsp3) is 0.917. The quantitative estimate of drug-likeness (QED) is 0.638. The maximum atomic E-state index is 13.2. The Balaban J connectivity index is 1.81. The number of halogens is 2. The molecule has 0 heterocycles. The average molecular weight is 310 g/mol. The first-order valence-corrected chi connectivity index (χ1v) is 8.14. The summed E-state index contributed by atoms with van der Waals surface area (Å²) in [5.41, 5.74) is -5.85. The van der Waals surface area contributed by atoms with Gasteiger partial charge in [-0.1, -0.05) is 0 Å². The Labute approximate surface area is 115 Å². The van der Waals surface area contributed by atoms with Gasteiger partial charge in [-0.3, -0.25) is 9.35 Å². The van der Waals surface area contributed by atoms with Crippen LogP contribution in [0, 0.1) is 23.2 Å². The molecule has 114 valence electrons. The maximum Gasteiger partial charge on any atom is 0.536 e. The van der Waals surface area contributed by atoms with Crippen molar-refractivity contribution < 1.29 is 31.3 Å². The van der Waals surface area contributed by atoms with Crippen LogP contribution in [0.3, 0.4) is 0 Å². The third-order valence-electron chi connectivity index (χ3n) is 4.98. The van der Waals surface area contributed by atoms with Gasteiger partial charge in [-0.2, -0.15) is 8.42 Å². The van der Waals surface area contributed by atoms with Crippen LogP contribution in [0.25, 0.3) is 0 Å². The monoisotopic (exact) mass is 310 g/mol. The van der Waals surface area contributed by atoms with Gasteiger partial charge in [0.2, 0.25) is 0 Å². The maximum absolute atomic E-state index is 13.2. The highest BCUT2D eigenvalue weighted by Crippen LogP contribution is 2.60. The smallest absolute Gasteiger partial charge is 0.386 e. The summed E-state index contributed by atoms with van der Waals surface area (Å²) in [6.45, 7) is 0. The summed E-state index contributed by atoms with van der Waals surface area (Å²) in [7, 11) is -5.75. The molecular weight excluding hydrogens is 294 g/mol. The molecule has 0 radical (unpaired) electrons. The lowest BCUT2D eigenvalue weighted by molar-refractivity contribution is -0.216. The summed E-state index contributed by atoms with van der Waals surface area (Å²) in [6, 6.07) is 0. The lowest BCUT2D eigenvalue weighted by Crippen LogP contribution is -2.52. The molecule has 4 aliphatic rings. The number of hydrogen-bond donors (Lipinski definition) is 1. The molecule has 4 rings (SSSR count). The molecule has 0 aromatic carbocycles. The minimum Gasteiger partial charge on any atom is -0.386 e. The summed E-state index contributed by atoms with van der Waals surface area (Å²) in [5.74, 6) is -0.159. The van der Waals surface area contributed by atoms with Gasteiger partial charge in [0.15, 0.2) is 0 Å². The Kier molecular flexibility index (Phi) is 2.93. The van der Waals surface area contributed by atoms with Crippen molar-refractivity contribution >= 4 is 16.1 Å². The molecule has 4 fully saturated rings. The number of alkyl halides is 2. The predicted octanol–water partition coefficient (Wildman–Crippen LogP) is 2.18. The zero-order valence-corrected chi connectivity index (χ0v) is 11.5. The molecule has 4 bridgehead atoms. The van der Waals surface area contributed by atoms with E-state index in [1.54, 1.807) is 0 Å². The van der Waals surface area contributed by atoms with Crippen molar-refractivity contribution in [3.05, 3.63) is 0 Å². The van der Waals surface area contributed by atoms with Crippen molar-refractivity contribution in [3.63, 3.8) is 0 Å². The van der Waals surface area contributed by atoms with Crippen molar-refractivity contribution in [2.75, 3.05) is 0 Å². The van der Waals surface area contributed by atoms with Gasteiger partial charge in [-0.25, -0.2) is 0 Å². The second-order valence-corrected chi connectivity index (χ2v) is 7.95. The van der Waals surface area contributed by atoms with Crippen LogP contribution in [0.4, 0.5) is 8.78 Å². The summed E-state index contributed by atoms with van der Waals surface area (Å²) in [4.78, 5) is 12.1. The summed E-state index contributed by atoms with van der Waals surface area (Å²) in [6.07, 6.45) is 4.50. The Morgan fingerprint density at radius 3 is 1.85 bits per heavy atom. The van der Waals surface area contributed by atoms with E-state index in [0.29, 0.717) is 37.0 Å². The van der Waals surface area contributed by atoms with E-state index in [1.807, 2.05) is 0 Å². The second kappa shape index (κ2) is 4.13. The van der Waals surface area contributed by atoms with Crippen LogP contribution in [0.2, 0.25) is 0 Å². The number of carbonyl (C=O) groups excluding carboxylic acids is 1. The molecular formula is C12H16F2O5S. The van der Waals surface area contributed by atoms with E-state index >= 15 is 0 Å². The summed E-state index contributed by atoms with van der Waals surface area (Å²) in [5, 5.41) is 0. The van der Waals surface area contributed by atoms with E-state index in [9.17, 15) is 22.0 Å². The number of rotatable bonds is 3. The minimum absolute atomic E-state index is 0.341. The van der Waals surface area contributed by atoms with Crippen molar-refractivity contribution in [3.8, 4) is 0 Å². The third kappa shape index (κ3) is 2.13. The predicted molar refractivity (Wildman–Crippen MR) is 63.2 cm³/mol. The van der Waals surface area contributed by atoms with Crippen molar-refractivity contribution in [1.82, 2.24) is 0 Å². The van der Waals surface area contributed by atoms with Gasteiger partial charge in [0, 0.05) is 0 Å². The van der Waals surface area contributed by atoms with Crippen LogP contribution in [0.1, 0.15) is 38.5 Å². The van der Waals surface area contributed by atoms with Crippen LogP contribution in [-0.2, 0) is 19.6 Å². The molecule has 0 saturated heterocycles. The van der Waals surface area contributed by atoms with Gasteiger partial charge >= 0.3 is 21.5 Å². The molecule has 5 nitrogen and oxygen atoms in total. The van der Waals surface area contributed by atoms with E-state index in [0.717, 1.165) is 19.3 Å². The molecule has 20 heavy (non-hydrogen) atoms. The highest BCUT2D eigenvalue weighted by molar-refractivity contribution is 7.86. The molecule has 0 aromatic heterocycles. The lowest BCUT2D eigenvalue weighted by atomic mass is 9.49. The van der Waals surface area contributed by atoms with Crippen LogP contribution in [0.5, 0.6) is 0 Å². The fourth-order valence-corrected chi connectivity index (χ4v) is 4.81. The highest BCUT2D eigenvalue weighted by Gasteiger charge is 2.59. The first kappa shape index (κ1) is 14.2. The van der Waals surface area contributed by atoms with Crippen LogP contribution in [-0.4, -0.2) is 24.4 Å². The van der Waals surface area contributed by atoms with Crippen molar-refractivity contribution in [2.45, 2.75) is 44.0 Å². The Hall–Kier alpha value is -0.760. The normalized spacial score (nSPS) is 39.9. The number of esters is 1. The molecule has 0 spiro atoms. The average Bonchev–Trinajstić information content (AvgIpc) is 2.24. The largest absolute Gasteiger partial charge is 0.536 e. The molecule has 1 N–H and O–H groups in total. The van der Waals surface area contributed by atoms with E-state index in [4.69, 9.17) is 4.55 Å². The number of ether oxygens (including phenoxy) is 1. The highest BCUT2D eigenvalue weighted by atomic mass is 32.2. The topological polar surface area (TPSA) is 80.7 Å². The van der Waals surface area contributed by atoms with E-state index < -0.39 is 26.9 Å². The first-order chi connectivity index (χ1) is 9.11. The Morgan fingerprint density at radius 2 is 1.50 bits per heavy atom. The number of hydrogen-bond acceptors (Lipinski definition) is 4. The zero-order valence-electron chi connectivity index (χ0n) is 10.7. The summed E-state index contributed by atoms with van der Waals surface area (Å²) < 4.78 is 59.8. The van der Waals surface area contributed by atoms with E-state index in [1.165, 1.54) is 0 Å². The van der Waals surface area contributed by atoms with E-state index in [-0.39, 0.29) is 0 Å².